The van der Waals surface area contributed by atoms with Gasteiger partial charge in [0.05, 0.1) is 0 Å². The number of hydrogen-bond donors (Lipinski definition) is 4. The van der Waals surface area contributed by atoms with E-state index in [1.807, 2.05) is 0 Å². The third-order valence-electron chi connectivity index (χ3n) is 3.34. The zero-order chi connectivity index (χ0) is 17.7. The summed E-state index contributed by atoms with van der Waals surface area (Å²) in [4.78, 5) is 0. The van der Waals surface area contributed by atoms with Gasteiger partial charge in [-0.25, -0.2) is 0 Å². The van der Waals surface area contributed by atoms with Crippen molar-refractivity contribution in [3.63, 3.8) is 0 Å². The highest BCUT2D eigenvalue weighted by atomic mass is 16.3. The highest BCUT2D eigenvalue weighted by molar-refractivity contribution is 5.48. The van der Waals surface area contributed by atoms with E-state index in [0.29, 0.717) is 12.0 Å². The molecule has 4 nitrogen and oxygen atoms in total. The standard InChI is InChI=1S/C16H17NO3/c18-12-3-1-10(2-4-12)7-14-13-9-16(20)15(19)8-11(13)5-6-17-14/h1-4,8-9,14,17-20H,5-7H2/i5D2,6D2. The largest absolute Gasteiger partial charge is 0.508 e. The normalized spacial score (nSPS) is 25.7. The van der Waals surface area contributed by atoms with Crippen molar-refractivity contribution in [2.75, 3.05) is 6.50 Å². The summed E-state index contributed by atoms with van der Waals surface area (Å²) in [6, 6.07) is 8.15. The lowest BCUT2D eigenvalue weighted by Gasteiger charge is -2.27. The molecule has 1 aliphatic heterocycles. The topological polar surface area (TPSA) is 72.7 Å². The van der Waals surface area contributed by atoms with E-state index in [-0.39, 0.29) is 17.1 Å². The third-order valence-corrected chi connectivity index (χ3v) is 3.34. The monoisotopic (exact) mass is 275 g/mol. The maximum Gasteiger partial charge on any atom is 0.157 e. The summed E-state index contributed by atoms with van der Waals surface area (Å²) >= 11 is 0. The van der Waals surface area contributed by atoms with Gasteiger partial charge in [-0.2, -0.15) is 0 Å². The molecule has 0 amide bonds. The Hall–Kier alpha value is -2.20. The Morgan fingerprint density at radius 1 is 1.10 bits per heavy atom. The van der Waals surface area contributed by atoms with Crippen molar-refractivity contribution in [3.8, 4) is 17.2 Å². The Kier molecular flexibility index (Phi) is 2.24. The van der Waals surface area contributed by atoms with Crippen LogP contribution in [0, 0.1) is 0 Å². The Labute approximate surface area is 122 Å². The van der Waals surface area contributed by atoms with Gasteiger partial charge >= 0.3 is 0 Å². The summed E-state index contributed by atoms with van der Waals surface area (Å²) in [6.07, 6.45) is -2.05. The number of aromatic hydroxyl groups is 3. The first-order valence-corrected chi connectivity index (χ1v) is 6.24. The highest BCUT2D eigenvalue weighted by Crippen LogP contribution is 2.34. The number of hydrogen-bond acceptors (Lipinski definition) is 4. The minimum atomic E-state index is -2.38. The molecule has 0 radical (unpaired) electrons. The summed E-state index contributed by atoms with van der Waals surface area (Å²) < 4.78 is 32.2. The van der Waals surface area contributed by atoms with E-state index in [9.17, 15) is 15.3 Å². The van der Waals surface area contributed by atoms with Crippen molar-refractivity contribution in [1.82, 2.24) is 5.32 Å². The first-order valence-electron chi connectivity index (χ1n) is 8.24. The van der Waals surface area contributed by atoms with Crippen LogP contribution in [0.3, 0.4) is 0 Å². The Balaban J connectivity index is 2.08. The van der Waals surface area contributed by atoms with Gasteiger partial charge in [0, 0.05) is 11.5 Å². The maximum atomic E-state index is 9.77. The minimum Gasteiger partial charge on any atom is -0.508 e. The molecular formula is C16H17NO3. The Morgan fingerprint density at radius 3 is 2.55 bits per heavy atom. The van der Waals surface area contributed by atoms with E-state index >= 15 is 0 Å². The molecule has 0 saturated carbocycles. The SMILES string of the molecule is [2H]C1([2H])NC(Cc2ccc(O)cc2)c2cc(O)c(O)cc2C1([2H])[2H]. The Morgan fingerprint density at radius 2 is 1.80 bits per heavy atom. The molecule has 0 spiro atoms. The molecule has 0 aromatic heterocycles. The predicted molar refractivity (Wildman–Crippen MR) is 76.0 cm³/mol. The van der Waals surface area contributed by atoms with Crippen molar-refractivity contribution < 1.29 is 20.8 Å². The lowest BCUT2D eigenvalue weighted by atomic mass is 9.90. The van der Waals surface area contributed by atoms with Crippen LogP contribution in [0.1, 0.15) is 28.2 Å². The lowest BCUT2D eigenvalue weighted by molar-refractivity contribution is 0.398. The maximum absolute atomic E-state index is 9.77. The van der Waals surface area contributed by atoms with Gasteiger partial charge in [-0.15, -0.1) is 0 Å². The second-order valence-corrected chi connectivity index (χ2v) is 4.75. The molecule has 0 fully saturated rings. The van der Waals surface area contributed by atoms with E-state index in [1.54, 1.807) is 12.1 Å². The van der Waals surface area contributed by atoms with E-state index in [0.717, 1.165) is 11.6 Å². The summed E-state index contributed by atoms with van der Waals surface area (Å²) in [5.41, 5.74) is 1.20. The van der Waals surface area contributed by atoms with Crippen molar-refractivity contribution in [1.29, 1.82) is 0 Å². The fourth-order valence-corrected chi connectivity index (χ4v) is 2.29. The first kappa shape index (κ1) is 8.87. The van der Waals surface area contributed by atoms with Crippen LogP contribution in [0.4, 0.5) is 0 Å². The second-order valence-electron chi connectivity index (χ2n) is 4.75. The molecule has 3 rings (SSSR count). The molecule has 1 atom stereocenters. The van der Waals surface area contributed by atoms with E-state index in [1.165, 1.54) is 18.2 Å². The number of fused-ring (bicyclic) bond motifs is 1. The number of rotatable bonds is 2. The molecule has 104 valence electrons. The fourth-order valence-electron chi connectivity index (χ4n) is 2.29. The van der Waals surface area contributed by atoms with Crippen LogP contribution in [0.5, 0.6) is 17.2 Å². The molecule has 4 heteroatoms. The highest BCUT2D eigenvalue weighted by Gasteiger charge is 2.21. The molecule has 0 saturated heterocycles. The average molecular weight is 275 g/mol. The molecule has 0 bridgehead atoms. The fraction of sp³-hybridized carbons (Fsp3) is 0.250. The first-order chi connectivity index (χ1) is 11.1. The Bertz CT molecular complexity index is 778. The quantitative estimate of drug-likeness (QED) is 0.634. The van der Waals surface area contributed by atoms with Gasteiger partial charge in [0.2, 0.25) is 0 Å². The average Bonchev–Trinajstić information content (AvgIpc) is 2.49. The lowest BCUT2D eigenvalue weighted by Crippen LogP contribution is -2.31. The van der Waals surface area contributed by atoms with Gasteiger partial charge in [0.1, 0.15) is 5.75 Å². The van der Waals surface area contributed by atoms with Crippen molar-refractivity contribution in [3.05, 3.63) is 53.1 Å². The van der Waals surface area contributed by atoms with E-state index in [4.69, 9.17) is 5.48 Å². The number of phenolic OH excluding ortho intramolecular Hbond substituents is 3. The van der Waals surface area contributed by atoms with Crippen LogP contribution in [-0.4, -0.2) is 21.8 Å². The van der Waals surface area contributed by atoms with Crippen molar-refractivity contribution in [2.45, 2.75) is 18.8 Å². The number of phenols is 3. The van der Waals surface area contributed by atoms with Gasteiger partial charge in [-0.1, -0.05) is 12.1 Å². The molecule has 1 unspecified atom stereocenters. The molecule has 1 aliphatic rings. The van der Waals surface area contributed by atoms with Gasteiger partial charge in [-0.05, 0) is 60.2 Å². The van der Waals surface area contributed by atoms with Gasteiger partial charge in [0.25, 0.3) is 0 Å². The molecular weight excluding hydrogens is 254 g/mol. The van der Waals surface area contributed by atoms with Crippen LogP contribution in [0.25, 0.3) is 0 Å². The number of aryl methyl sites for hydroxylation is 1. The van der Waals surface area contributed by atoms with Crippen LogP contribution in [-0.2, 0) is 12.8 Å². The third kappa shape index (κ3) is 2.42. The van der Waals surface area contributed by atoms with Crippen LogP contribution < -0.4 is 5.32 Å². The summed E-state index contributed by atoms with van der Waals surface area (Å²) in [5.74, 6) is -0.756. The van der Waals surface area contributed by atoms with Crippen LogP contribution in [0.2, 0.25) is 0 Å². The zero-order valence-electron chi connectivity index (χ0n) is 14.6. The summed E-state index contributed by atoms with van der Waals surface area (Å²) in [6.45, 7) is -2.36. The summed E-state index contributed by atoms with van der Waals surface area (Å²) in [5, 5.41) is 31.5. The second kappa shape index (κ2) is 5.06. The smallest absolute Gasteiger partial charge is 0.157 e. The zero-order valence-corrected chi connectivity index (χ0v) is 10.6. The molecule has 1 heterocycles. The molecule has 20 heavy (non-hydrogen) atoms. The molecule has 2 aromatic rings. The molecule has 0 aliphatic carbocycles. The van der Waals surface area contributed by atoms with E-state index < -0.39 is 24.7 Å². The van der Waals surface area contributed by atoms with Crippen molar-refractivity contribution >= 4 is 0 Å². The minimum absolute atomic E-state index is 0.00493. The molecule has 4 N–H and O–H groups in total. The number of nitrogens with one attached hydrogen (secondary N) is 1. The van der Waals surface area contributed by atoms with Gasteiger partial charge in [0.15, 0.2) is 11.5 Å². The predicted octanol–water partition coefficient (Wildman–Crippen LogP) is 2.23. The van der Waals surface area contributed by atoms with Crippen LogP contribution >= 0.6 is 0 Å². The van der Waals surface area contributed by atoms with Gasteiger partial charge in [-0.3, -0.25) is 0 Å². The number of benzene rings is 2. The van der Waals surface area contributed by atoms with Crippen molar-refractivity contribution in [2.24, 2.45) is 0 Å². The van der Waals surface area contributed by atoms with Gasteiger partial charge < -0.3 is 20.6 Å². The van der Waals surface area contributed by atoms with Crippen LogP contribution in [0.15, 0.2) is 36.4 Å². The molecule has 2 aromatic carbocycles. The summed E-state index contributed by atoms with van der Waals surface area (Å²) in [7, 11) is 0. The van der Waals surface area contributed by atoms with E-state index in [2.05, 4.69) is 5.32 Å².